The molecule has 3 rings (SSSR count). The van der Waals surface area contributed by atoms with Crippen molar-refractivity contribution in [3.05, 3.63) is 71.5 Å². The van der Waals surface area contributed by atoms with Crippen LogP contribution in [0.5, 0.6) is 0 Å². The van der Waals surface area contributed by atoms with E-state index in [0.29, 0.717) is 23.6 Å². The van der Waals surface area contributed by atoms with E-state index in [1.165, 1.54) is 33.8 Å². The number of carbonyl (C=O) groups excluding carboxylic acids is 1. The Labute approximate surface area is 163 Å². The second-order valence-corrected chi connectivity index (χ2v) is 7.82. The van der Waals surface area contributed by atoms with Gasteiger partial charge < -0.3 is 10.6 Å². The zero-order chi connectivity index (χ0) is 19.4. The maximum atomic E-state index is 13.8. The summed E-state index contributed by atoms with van der Waals surface area (Å²) >= 11 is 1.47. The standard InChI is InChI=1S/C20H23FN4OS/c1-24(2)19(26)25-20(12-7-13-22,16-9-4-3-5-10-16)27-18(23-25)15-8-6-11-17(21)14-15/h3-6,8-11,14H,7,12-13,22H2,1-2H3. The molecule has 0 saturated carbocycles. The zero-order valence-electron chi connectivity index (χ0n) is 15.4. The molecular weight excluding hydrogens is 363 g/mol. The van der Waals surface area contributed by atoms with Gasteiger partial charge in [0.25, 0.3) is 0 Å². The number of nitrogens with zero attached hydrogens (tertiary/aromatic N) is 3. The Bertz CT molecular complexity index is 843. The summed E-state index contributed by atoms with van der Waals surface area (Å²) in [5.74, 6) is -0.333. The molecule has 1 aliphatic rings. The summed E-state index contributed by atoms with van der Waals surface area (Å²) in [6.07, 6.45) is 1.37. The van der Waals surface area contributed by atoms with Crippen LogP contribution in [-0.4, -0.2) is 41.6 Å². The van der Waals surface area contributed by atoms with Crippen LogP contribution in [0.4, 0.5) is 9.18 Å². The van der Waals surface area contributed by atoms with Crippen LogP contribution in [0.1, 0.15) is 24.0 Å². The molecule has 0 radical (unpaired) electrons. The van der Waals surface area contributed by atoms with E-state index < -0.39 is 4.87 Å². The Kier molecular flexibility index (Phi) is 5.82. The fourth-order valence-electron chi connectivity index (χ4n) is 3.04. The number of urea groups is 1. The van der Waals surface area contributed by atoms with E-state index >= 15 is 0 Å². The molecule has 1 atom stereocenters. The SMILES string of the molecule is CN(C)C(=O)N1N=C(c2cccc(F)c2)SC1(CCCN)c1ccccc1. The van der Waals surface area contributed by atoms with Crippen LogP contribution in [0.3, 0.4) is 0 Å². The number of thioether (sulfide) groups is 1. The van der Waals surface area contributed by atoms with E-state index in [1.54, 1.807) is 26.2 Å². The van der Waals surface area contributed by atoms with Gasteiger partial charge in [0.15, 0.2) is 0 Å². The van der Waals surface area contributed by atoms with E-state index in [9.17, 15) is 9.18 Å². The minimum atomic E-state index is -0.719. The zero-order valence-corrected chi connectivity index (χ0v) is 16.2. The Morgan fingerprint density at radius 3 is 2.59 bits per heavy atom. The van der Waals surface area contributed by atoms with Gasteiger partial charge >= 0.3 is 6.03 Å². The fourth-order valence-corrected chi connectivity index (χ4v) is 4.44. The smallest absolute Gasteiger partial charge is 0.330 e. The first-order valence-electron chi connectivity index (χ1n) is 8.78. The molecule has 1 unspecified atom stereocenters. The highest BCUT2D eigenvalue weighted by Gasteiger charge is 2.48. The average Bonchev–Trinajstić information content (AvgIpc) is 3.07. The highest BCUT2D eigenvalue weighted by atomic mass is 32.2. The molecule has 0 aliphatic carbocycles. The van der Waals surface area contributed by atoms with E-state index in [4.69, 9.17) is 5.73 Å². The molecule has 0 spiro atoms. The number of carbonyl (C=O) groups is 1. The predicted molar refractivity (Wildman–Crippen MR) is 108 cm³/mol. The van der Waals surface area contributed by atoms with Crippen LogP contribution in [0.25, 0.3) is 0 Å². The van der Waals surface area contributed by atoms with Gasteiger partial charge in [-0.15, -0.1) is 0 Å². The number of rotatable bonds is 5. The van der Waals surface area contributed by atoms with E-state index in [2.05, 4.69) is 5.10 Å². The number of amides is 2. The molecule has 2 aromatic carbocycles. The monoisotopic (exact) mass is 386 g/mol. The third-order valence-electron chi connectivity index (χ3n) is 4.38. The number of hydrogen-bond acceptors (Lipinski definition) is 4. The number of hydrogen-bond donors (Lipinski definition) is 1. The van der Waals surface area contributed by atoms with Crippen molar-refractivity contribution < 1.29 is 9.18 Å². The van der Waals surface area contributed by atoms with Gasteiger partial charge in [0.2, 0.25) is 0 Å². The predicted octanol–water partition coefficient (Wildman–Crippen LogP) is 3.81. The summed E-state index contributed by atoms with van der Waals surface area (Å²) in [7, 11) is 3.39. The van der Waals surface area contributed by atoms with E-state index in [-0.39, 0.29) is 11.8 Å². The van der Waals surface area contributed by atoms with Crippen LogP contribution >= 0.6 is 11.8 Å². The first kappa shape index (κ1) is 19.4. The minimum Gasteiger partial charge on any atom is -0.330 e. The van der Waals surface area contributed by atoms with Crippen LogP contribution in [-0.2, 0) is 4.87 Å². The molecule has 2 N–H and O–H groups in total. The quantitative estimate of drug-likeness (QED) is 0.850. The van der Waals surface area contributed by atoms with Crippen LogP contribution < -0.4 is 5.73 Å². The lowest BCUT2D eigenvalue weighted by molar-refractivity contribution is 0.138. The Morgan fingerprint density at radius 2 is 1.96 bits per heavy atom. The molecule has 0 bridgehead atoms. The van der Waals surface area contributed by atoms with Crippen molar-refractivity contribution in [2.75, 3.05) is 20.6 Å². The lowest BCUT2D eigenvalue weighted by Crippen LogP contribution is -2.46. The summed E-state index contributed by atoms with van der Waals surface area (Å²) in [6.45, 7) is 0.508. The minimum absolute atomic E-state index is 0.227. The highest BCUT2D eigenvalue weighted by molar-refractivity contribution is 8.15. The molecule has 2 amide bonds. The van der Waals surface area contributed by atoms with Crippen LogP contribution in [0, 0.1) is 5.82 Å². The summed E-state index contributed by atoms with van der Waals surface area (Å²) < 4.78 is 13.8. The molecule has 7 heteroatoms. The molecule has 5 nitrogen and oxygen atoms in total. The first-order chi connectivity index (χ1) is 13.0. The molecule has 0 saturated heterocycles. The van der Waals surface area contributed by atoms with Crippen molar-refractivity contribution in [3.63, 3.8) is 0 Å². The highest BCUT2D eigenvalue weighted by Crippen LogP contribution is 2.50. The molecule has 142 valence electrons. The number of benzene rings is 2. The molecule has 0 fully saturated rings. The van der Waals surface area contributed by atoms with E-state index in [0.717, 1.165) is 12.0 Å². The van der Waals surface area contributed by atoms with Crippen molar-refractivity contribution in [2.24, 2.45) is 10.8 Å². The Hall–Kier alpha value is -2.38. The summed E-state index contributed by atoms with van der Waals surface area (Å²) in [4.78, 5) is 13.7. The molecule has 0 aromatic heterocycles. The fraction of sp³-hybridized carbons (Fsp3) is 0.300. The third-order valence-corrected chi connectivity index (χ3v) is 5.84. The molecule has 2 aromatic rings. The van der Waals surface area contributed by atoms with Crippen LogP contribution in [0.2, 0.25) is 0 Å². The lowest BCUT2D eigenvalue weighted by Gasteiger charge is -2.37. The molecule has 1 aliphatic heterocycles. The number of nitrogens with two attached hydrogens (primary N) is 1. The van der Waals surface area contributed by atoms with Crippen molar-refractivity contribution >= 4 is 22.8 Å². The summed E-state index contributed by atoms with van der Waals surface area (Å²) in [5.41, 5.74) is 7.40. The largest absolute Gasteiger partial charge is 0.341 e. The third kappa shape index (κ3) is 3.84. The Balaban J connectivity index is 2.11. The second kappa shape index (κ2) is 8.10. The van der Waals surface area contributed by atoms with Gasteiger partial charge in [0.1, 0.15) is 15.7 Å². The maximum absolute atomic E-state index is 13.8. The van der Waals surface area contributed by atoms with Gasteiger partial charge in [-0.2, -0.15) is 10.1 Å². The van der Waals surface area contributed by atoms with Crippen molar-refractivity contribution in [2.45, 2.75) is 17.7 Å². The lowest BCUT2D eigenvalue weighted by atomic mass is 10.0. The summed E-state index contributed by atoms with van der Waals surface area (Å²) in [6, 6.07) is 15.9. The van der Waals surface area contributed by atoms with Crippen molar-refractivity contribution in [3.8, 4) is 0 Å². The van der Waals surface area contributed by atoms with Gasteiger partial charge in [-0.3, -0.25) is 0 Å². The van der Waals surface area contributed by atoms with Gasteiger partial charge in [-0.1, -0.05) is 54.2 Å². The topological polar surface area (TPSA) is 61.9 Å². The maximum Gasteiger partial charge on any atom is 0.341 e. The molecule has 27 heavy (non-hydrogen) atoms. The summed E-state index contributed by atoms with van der Waals surface area (Å²) in [5, 5.41) is 6.75. The molecular formula is C20H23FN4OS. The Morgan fingerprint density at radius 1 is 1.22 bits per heavy atom. The van der Waals surface area contributed by atoms with Gasteiger partial charge in [0.05, 0.1) is 0 Å². The second-order valence-electron chi connectivity index (χ2n) is 6.55. The average molecular weight is 386 g/mol. The molecule has 1 heterocycles. The normalized spacial score (nSPS) is 19.1. The van der Waals surface area contributed by atoms with E-state index in [1.807, 2.05) is 30.3 Å². The van der Waals surface area contributed by atoms with Gasteiger partial charge in [0, 0.05) is 19.7 Å². The van der Waals surface area contributed by atoms with Gasteiger partial charge in [-0.25, -0.2) is 9.18 Å². The van der Waals surface area contributed by atoms with Crippen molar-refractivity contribution in [1.82, 2.24) is 9.91 Å². The number of hydrazone groups is 1. The number of halogens is 1. The van der Waals surface area contributed by atoms with Crippen molar-refractivity contribution in [1.29, 1.82) is 0 Å². The first-order valence-corrected chi connectivity index (χ1v) is 9.60. The van der Waals surface area contributed by atoms with Gasteiger partial charge in [-0.05, 0) is 37.1 Å². The van der Waals surface area contributed by atoms with Crippen LogP contribution in [0.15, 0.2) is 59.7 Å².